The second-order valence-corrected chi connectivity index (χ2v) is 6.21. The van der Waals surface area contributed by atoms with Crippen LogP contribution < -0.4 is 0 Å². The lowest BCUT2D eigenvalue weighted by Gasteiger charge is -2.50. The molecule has 0 radical (unpaired) electrons. The number of hydrogen-bond acceptors (Lipinski definition) is 1. The molecule has 2 rings (SSSR count). The van der Waals surface area contributed by atoms with Crippen molar-refractivity contribution in [1.29, 1.82) is 0 Å². The molecule has 0 aliphatic carbocycles. The molecule has 1 N–H and O–H groups in total. The van der Waals surface area contributed by atoms with E-state index in [9.17, 15) is 5.11 Å². The van der Waals surface area contributed by atoms with Gasteiger partial charge in [0.1, 0.15) is 5.60 Å². The molecular weight excluding hydrogens is 210 g/mol. The molecule has 2 nitrogen and oxygen atoms in total. The first-order valence-electron chi connectivity index (χ1n) is 6.47. The first-order chi connectivity index (χ1) is 7.86. The molecule has 1 aliphatic heterocycles. The van der Waals surface area contributed by atoms with Crippen LogP contribution in [0.25, 0.3) is 0 Å². The highest BCUT2D eigenvalue weighted by molar-refractivity contribution is 5.23. The SMILES string of the molecule is C[C@@H]1C[N+](C)(C)[C@@H](C)C[C@]1(O)c1ccccc1. The van der Waals surface area contributed by atoms with Crippen molar-refractivity contribution in [1.82, 2.24) is 0 Å². The molecule has 1 heterocycles. The van der Waals surface area contributed by atoms with Crippen LogP contribution in [-0.2, 0) is 5.60 Å². The van der Waals surface area contributed by atoms with Crippen molar-refractivity contribution in [3.05, 3.63) is 35.9 Å². The van der Waals surface area contributed by atoms with Crippen molar-refractivity contribution < 1.29 is 9.59 Å². The molecule has 1 aliphatic rings. The predicted octanol–water partition coefficient (Wildman–Crippen LogP) is 2.38. The molecule has 94 valence electrons. The third kappa shape index (κ3) is 2.12. The minimum absolute atomic E-state index is 0.288. The quantitative estimate of drug-likeness (QED) is 0.740. The lowest BCUT2D eigenvalue weighted by Crippen LogP contribution is -2.60. The highest BCUT2D eigenvalue weighted by Gasteiger charge is 2.48. The Morgan fingerprint density at radius 3 is 2.35 bits per heavy atom. The van der Waals surface area contributed by atoms with E-state index in [1.165, 1.54) is 0 Å². The van der Waals surface area contributed by atoms with Crippen LogP contribution in [0.1, 0.15) is 25.8 Å². The number of hydrogen-bond donors (Lipinski definition) is 1. The normalized spacial score (nSPS) is 36.8. The standard InChI is InChI=1S/C15H24NO/c1-12-11-16(3,4)13(2)10-15(12,17)14-8-6-5-7-9-14/h5-9,12-13,17H,10-11H2,1-4H3/q+1/t12-,13+,15-/m1/s1. The Labute approximate surface area is 104 Å². The Hall–Kier alpha value is -0.860. The maximum atomic E-state index is 11.0. The molecule has 0 unspecified atom stereocenters. The first kappa shape index (κ1) is 12.6. The molecule has 1 aromatic rings. The summed E-state index contributed by atoms with van der Waals surface area (Å²) in [6, 6.07) is 10.6. The maximum absolute atomic E-state index is 11.0. The fourth-order valence-corrected chi connectivity index (χ4v) is 3.06. The molecule has 3 atom stereocenters. The van der Waals surface area contributed by atoms with E-state index in [0.717, 1.165) is 23.0 Å². The Kier molecular flexibility index (Phi) is 3.04. The van der Waals surface area contributed by atoms with E-state index in [1.54, 1.807) is 0 Å². The van der Waals surface area contributed by atoms with Crippen LogP contribution in [0.15, 0.2) is 30.3 Å². The zero-order valence-corrected chi connectivity index (χ0v) is 11.4. The summed E-state index contributed by atoms with van der Waals surface area (Å²) in [6.07, 6.45) is 0.838. The summed E-state index contributed by atoms with van der Waals surface area (Å²) in [5, 5.41) is 11.0. The van der Waals surface area contributed by atoms with Crippen molar-refractivity contribution in [2.45, 2.75) is 31.9 Å². The van der Waals surface area contributed by atoms with E-state index in [2.05, 4.69) is 40.1 Å². The average Bonchev–Trinajstić information content (AvgIpc) is 2.27. The monoisotopic (exact) mass is 234 g/mol. The van der Waals surface area contributed by atoms with Crippen LogP contribution in [0.5, 0.6) is 0 Å². The molecule has 1 aromatic carbocycles. The number of likely N-dealkylation sites (tertiary alicyclic amines) is 1. The maximum Gasteiger partial charge on any atom is 0.103 e. The summed E-state index contributed by atoms with van der Waals surface area (Å²) in [6.45, 7) is 5.42. The summed E-state index contributed by atoms with van der Waals surface area (Å²) in [5.74, 6) is 0.288. The predicted molar refractivity (Wildman–Crippen MR) is 70.6 cm³/mol. The molecule has 17 heavy (non-hydrogen) atoms. The second kappa shape index (κ2) is 4.11. The van der Waals surface area contributed by atoms with Gasteiger partial charge in [0, 0.05) is 12.3 Å². The molecule has 1 fully saturated rings. The van der Waals surface area contributed by atoms with Crippen molar-refractivity contribution >= 4 is 0 Å². The van der Waals surface area contributed by atoms with Gasteiger partial charge in [-0.3, -0.25) is 0 Å². The molecule has 1 saturated heterocycles. The van der Waals surface area contributed by atoms with Crippen molar-refractivity contribution in [3.63, 3.8) is 0 Å². The van der Waals surface area contributed by atoms with Gasteiger partial charge in [-0.1, -0.05) is 37.3 Å². The average molecular weight is 234 g/mol. The molecule has 0 spiro atoms. The second-order valence-electron chi connectivity index (χ2n) is 6.21. The number of benzene rings is 1. The fourth-order valence-electron chi connectivity index (χ4n) is 3.06. The summed E-state index contributed by atoms with van der Waals surface area (Å²) in [5.41, 5.74) is 0.410. The van der Waals surface area contributed by atoms with Crippen molar-refractivity contribution in [3.8, 4) is 0 Å². The number of rotatable bonds is 1. The van der Waals surface area contributed by atoms with Crippen LogP contribution in [0.4, 0.5) is 0 Å². The Morgan fingerprint density at radius 1 is 1.18 bits per heavy atom. The van der Waals surface area contributed by atoms with E-state index in [4.69, 9.17) is 0 Å². The van der Waals surface area contributed by atoms with Gasteiger partial charge in [0.2, 0.25) is 0 Å². The topological polar surface area (TPSA) is 20.2 Å². The van der Waals surface area contributed by atoms with E-state index >= 15 is 0 Å². The zero-order chi connectivity index (χ0) is 12.7. The summed E-state index contributed by atoms with van der Waals surface area (Å²) in [7, 11) is 4.51. The van der Waals surface area contributed by atoms with Crippen LogP contribution >= 0.6 is 0 Å². The van der Waals surface area contributed by atoms with Crippen LogP contribution in [-0.4, -0.2) is 36.3 Å². The molecule has 0 aromatic heterocycles. The molecular formula is C15H24NO+. The van der Waals surface area contributed by atoms with Crippen LogP contribution in [0.3, 0.4) is 0 Å². The third-order valence-electron chi connectivity index (χ3n) is 4.63. The van der Waals surface area contributed by atoms with Gasteiger partial charge in [-0.25, -0.2) is 0 Å². The number of quaternary nitrogens is 1. The number of aliphatic hydroxyl groups is 1. The summed E-state index contributed by atoms with van der Waals surface area (Å²) in [4.78, 5) is 0. The molecule has 2 heteroatoms. The van der Waals surface area contributed by atoms with E-state index < -0.39 is 5.60 Å². The molecule has 0 bridgehead atoms. The molecule has 0 saturated carbocycles. The Morgan fingerprint density at radius 2 is 1.76 bits per heavy atom. The van der Waals surface area contributed by atoms with Gasteiger partial charge in [0.15, 0.2) is 0 Å². The lowest BCUT2D eigenvalue weighted by molar-refractivity contribution is -0.925. The third-order valence-corrected chi connectivity index (χ3v) is 4.63. The number of piperidine rings is 1. The largest absolute Gasteiger partial charge is 0.384 e. The van der Waals surface area contributed by atoms with Crippen LogP contribution in [0, 0.1) is 5.92 Å². The summed E-state index contributed by atoms with van der Waals surface area (Å²) >= 11 is 0. The highest BCUT2D eigenvalue weighted by Crippen LogP contribution is 2.41. The molecule has 0 amide bonds. The lowest BCUT2D eigenvalue weighted by atomic mass is 9.74. The van der Waals surface area contributed by atoms with Gasteiger partial charge in [-0.15, -0.1) is 0 Å². The van der Waals surface area contributed by atoms with E-state index in [0.29, 0.717) is 6.04 Å². The van der Waals surface area contributed by atoms with Gasteiger partial charge in [0.25, 0.3) is 0 Å². The fraction of sp³-hybridized carbons (Fsp3) is 0.600. The van der Waals surface area contributed by atoms with Gasteiger partial charge >= 0.3 is 0 Å². The smallest absolute Gasteiger partial charge is 0.103 e. The minimum Gasteiger partial charge on any atom is -0.384 e. The summed E-state index contributed by atoms with van der Waals surface area (Å²) < 4.78 is 0.996. The van der Waals surface area contributed by atoms with E-state index in [1.807, 2.05) is 18.2 Å². The number of nitrogens with zero attached hydrogens (tertiary/aromatic N) is 1. The minimum atomic E-state index is -0.658. The van der Waals surface area contributed by atoms with Crippen molar-refractivity contribution in [2.75, 3.05) is 20.6 Å². The van der Waals surface area contributed by atoms with Crippen molar-refractivity contribution in [2.24, 2.45) is 5.92 Å². The Bertz CT molecular complexity index is 387. The van der Waals surface area contributed by atoms with Gasteiger partial charge in [-0.05, 0) is 12.5 Å². The Balaban J connectivity index is 2.33. The highest BCUT2D eigenvalue weighted by atomic mass is 16.3. The van der Waals surface area contributed by atoms with E-state index in [-0.39, 0.29) is 5.92 Å². The first-order valence-corrected chi connectivity index (χ1v) is 6.47. The van der Waals surface area contributed by atoms with Gasteiger partial charge in [0.05, 0.1) is 26.7 Å². The zero-order valence-electron chi connectivity index (χ0n) is 11.4. The van der Waals surface area contributed by atoms with Gasteiger partial charge in [-0.2, -0.15) is 0 Å². The van der Waals surface area contributed by atoms with Crippen LogP contribution in [0.2, 0.25) is 0 Å². The van der Waals surface area contributed by atoms with Gasteiger partial charge < -0.3 is 9.59 Å².